The molecule has 2 N–H and O–H groups in total. The first-order valence-corrected chi connectivity index (χ1v) is 10.0. The molecule has 0 radical (unpaired) electrons. The number of hydrogen-bond acceptors (Lipinski definition) is 6. The predicted octanol–water partition coefficient (Wildman–Crippen LogP) is 3.58. The standard InChI is InChI=1S/C22H24F3N5O3/c1-21(2,3)18(12-31)29-20(32)17-9-16(27-19(28-17)14-10-26-30(4)11-14)13-5-7-15(8-6-13)33-22(23,24)25/h5-11,18,31H,12H2,1-4H3,(H,29,32)/t18-/m1/s1. The highest BCUT2D eigenvalue weighted by Gasteiger charge is 2.31. The molecule has 0 unspecified atom stereocenters. The second-order valence-electron chi connectivity index (χ2n) is 8.51. The molecule has 2 heterocycles. The van der Waals surface area contributed by atoms with Crippen molar-refractivity contribution < 1.29 is 27.8 Å². The summed E-state index contributed by atoms with van der Waals surface area (Å²) in [7, 11) is 1.72. The molecule has 2 aromatic heterocycles. The lowest BCUT2D eigenvalue weighted by Gasteiger charge is -2.29. The van der Waals surface area contributed by atoms with E-state index in [1.807, 2.05) is 20.8 Å². The summed E-state index contributed by atoms with van der Waals surface area (Å²) >= 11 is 0. The van der Waals surface area contributed by atoms with Crippen molar-refractivity contribution in [1.82, 2.24) is 25.1 Å². The van der Waals surface area contributed by atoms with E-state index in [0.29, 0.717) is 16.8 Å². The van der Waals surface area contributed by atoms with Gasteiger partial charge in [0.25, 0.3) is 5.91 Å². The van der Waals surface area contributed by atoms with Gasteiger partial charge in [0.2, 0.25) is 0 Å². The van der Waals surface area contributed by atoms with E-state index < -0.39 is 23.7 Å². The minimum absolute atomic E-state index is 0.0390. The number of ether oxygens (including phenoxy) is 1. The summed E-state index contributed by atoms with van der Waals surface area (Å²) in [4.78, 5) is 21.8. The van der Waals surface area contributed by atoms with E-state index in [4.69, 9.17) is 0 Å². The second kappa shape index (κ2) is 9.18. The second-order valence-corrected chi connectivity index (χ2v) is 8.51. The van der Waals surface area contributed by atoms with Crippen LogP contribution in [0.1, 0.15) is 31.3 Å². The number of carbonyl (C=O) groups is 1. The molecule has 1 aromatic carbocycles. The molecule has 33 heavy (non-hydrogen) atoms. The fourth-order valence-corrected chi connectivity index (χ4v) is 2.97. The predicted molar refractivity (Wildman–Crippen MR) is 114 cm³/mol. The van der Waals surface area contributed by atoms with Crippen LogP contribution in [0.4, 0.5) is 13.2 Å². The molecule has 0 spiro atoms. The van der Waals surface area contributed by atoms with Gasteiger partial charge in [0.05, 0.1) is 30.1 Å². The number of hydrogen-bond donors (Lipinski definition) is 2. The molecule has 0 aliphatic heterocycles. The summed E-state index contributed by atoms with van der Waals surface area (Å²) in [5, 5.41) is 16.5. The van der Waals surface area contributed by atoms with Gasteiger partial charge in [-0.25, -0.2) is 9.97 Å². The Balaban J connectivity index is 2.01. The third-order valence-electron chi connectivity index (χ3n) is 4.84. The van der Waals surface area contributed by atoms with Crippen molar-refractivity contribution in [3.63, 3.8) is 0 Å². The molecule has 0 aliphatic rings. The van der Waals surface area contributed by atoms with E-state index in [0.717, 1.165) is 12.1 Å². The molecule has 3 rings (SSSR count). The van der Waals surface area contributed by atoms with Gasteiger partial charge in [0.15, 0.2) is 5.82 Å². The lowest BCUT2D eigenvalue weighted by molar-refractivity contribution is -0.274. The zero-order valence-corrected chi connectivity index (χ0v) is 18.5. The topological polar surface area (TPSA) is 102 Å². The first kappa shape index (κ1) is 24.2. The average molecular weight is 463 g/mol. The van der Waals surface area contributed by atoms with E-state index in [1.165, 1.54) is 24.4 Å². The first-order chi connectivity index (χ1) is 15.4. The molecule has 8 nitrogen and oxygen atoms in total. The van der Waals surface area contributed by atoms with Crippen LogP contribution in [0.15, 0.2) is 42.7 Å². The van der Waals surface area contributed by atoms with E-state index in [9.17, 15) is 23.1 Å². The summed E-state index contributed by atoms with van der Waals surface area (Å²) in [6, 6.07) is 6.05. The zero-order chi connectivity index (χ0) is 24.4. The molecule has 0 bridgehead atoms. The van der Waals surface area contributed by atoms with E-state index >= 15 is 0 Å². The van der Waals surface area contributed by atoms with Crippen LogP contribution in [0.3, 0.4) is 0 Å². The molecule has 3 aromatic rings. The Hall–Kier alpha value is -3.47. The Morgan fingerprint density at radius 2 is 1.82 bits per heavy atom. The van der Waals surface area contributed by atoms with Crippen molar-refractivity contribution in [3.8, 4) is 28.4 Å². The average Bonchev–Trinajstić information content (AvgIpc) is 3.16. The minimum Gasteiger partial charge on any atom is -0.406 e. The third kappa shape index (κ3) is 6.28. The molecule has 0 saturated carbocycles. The van der Waals surface area contributed by atoms with Gasteiger partial charge in [-0.15, -0.1) is 13.2 Å². The smallest absolute Gasteiger partial charge is 0.406 e. The van der Waals surface area contributed by atoms with Gasteiger partial charge in [0.1, 0.15) is 11.4 Å². The fourth-order valence-electron chi connectivity index (χ4n) is 2.97. The van der Waals surface area contributed by atoms with Crippen LogP contribution in [-0.2, 0) is 7.05 Å². The maximum Gasteiger partial charge on any atom is 0.573 e. The van der Waals surface area contributed by atoms with Crippen LogP contribution in [0.25, 0.3) is 22.6 Å². The number of halogens is 3. The SMILES string of the molecule is Cn1cc(-c2nc(C(=O)N[C@H](CO)C(C)(C)C)cc(-c3ccc(OC(F)(F)F)cc3)n2)cn1. The van der Waals surface area contributed by atoms with Crippen LogP contribution < -0.4 is 10.1 Å². The molecule has 0 aliphatic carbocycles. The van der Waals surface area contributed by atoms with Gasteiger partial charge in [-0.2, -0.15) is 5.10 Å². The van der Waals surface area contributed by atoms with Crippen molar-refractivity contribution in [1.29, 1.82) is 0 Å². The Labute approximate surface area is 188 Å². The van der Waals surface area contributed by atoms with Crippen LogP contribution in [0, 0.1) is 5.41 Å². The summed E-state index contributed by atoms with van der Waals surface area (Å²) in [5.41, 5.74) is 0.974. The largest absolute Gasteiger partial charge is 0.573 e. The summed E-state index contributed by atoms with van der Waals surface area (Å²) in [6.45, 7) is 5.38. The van der Waals surface area contributed by atoms with E-state index in [1.54, 1.807) is 17.9 Å². The lowest BCUT2D eigenvalue weighted by atomic mass is 9.87. The first-order valence-electron chi connectivity index (χ1n) is 10.0. The van der Waals surface area contributed by atoms with E-state index in [2.05, 4.69) is 25.1 Å². The summed E-state index contributed by atoms with van der Waals surface area (Å²) in [6.07, 6.45) is -1.59. The van der Waals surface area contributed by atoms with Gasteiger partial charge >= 0.3 is 6.36 Å². The molecule has 1 amide bonds. The maximum absolute atomic E-state index is 13.0. The van der Waals surface area contributed by atoms with Crippen LogP contribution in [0.2, 0.25) is 0 Å². The number of alkyl halides is 3. The number of amides is 1. The van der Waals surface area contributed by atoms with E-state index in [-0.39, 0.29) is 23.9 Å². The third-order valence-corrected chi connectivity index (χ3v) is 4.84. The number of aliphatic hydroxyl groups is 1. The number of aliphatic hydroxyl groups excluding tert-OH is 1. The molecule has 176 valence electrons. The normalized spacial score (nSPS) is 13.0. The molecule has 1 atom stereocenters. The number of aromatic nitrogens is 4. The van der Waals surface area contributed by atoms with Gasteiger partial charge < -0.3 is 15.2 Å². The number of benzene rings is 1. The highest BCUT2D eigenvalue weighted by molar-refractivity contribution is 5.94. The number of nitrogens with zero attached hydrogens (tertiary/aromatic N) is 4. The summed E-state index contributed by atoms with van der Waals surface area (Å²) in [5.74, 6) is -0.672. The molecular formula is C22H24F3N5O3. The van der Waals surface area contributed by atoms with Crippen molar-refractivity contribution in [2.24, 2.45) is 12.5 Å². The fraction of sp³-hybridized carbons (Fsp3) is 0.364. The molecule has 0 saturated heterocycles. The van der Waals surface area contributed by atoms with Crippen molar-refractivity contribution >= 4 is 5.91 Å². The number of carbonyl (C=O) groups excluding carboxylic acids is 1. The Bertz CT molecular complexity index is 1120. The van der Waals surface area contributed by atoms with Crippen molar-refractivity contribution in [2.45, 2.75) is 33.2 Å². The Kier molecular flexibility index (Phi) is 6.73. The number of nitrogens with one attached hydrogen (secondary N) is 1. The Morgan fingerprint density at radius 1 is 1.15 bits per heavy atom. The van der Waals surface area contributed by atoms with Gasteiger partial charge in [-0.05, 0) is 35.7 Å². The van der Waals surface area contributed by atoms with Gasteiger partial charge in [-0.1, -0.05) is 20.8 Å². The monoisotopic (exact) mass is 463 g/mol. The number of rotatable bonds is 6. The molecular weight excluding hydrogens is 439 g/mol. The van der Waals surface area contributed by atoms with Crippen LogP contribution in [-0.4, -0.2) is 49.8 Å². The maximum atomic E-state index is 13.0. The minimum atomic E-state index is -4.80. The van der Waals surface area contributed by atoms with Crippen molar-refractivity contribution in [2.75, 3.05) is 6.61 Å². The molecule has 11 heteroatoms. The highest BCUT2D eigenvalue weighted by Crippen LogP contribution is 2.27. The Morgan fingerprint density at radius 3 is 2.33 bits per heavy atom. The van der Waals surface area contributed by atoms with Crippen LogP contribution in [0.5, 0.6) is 5.75 Å². The summed E-state index contributed by atoms with van der Waals surface area (Å²) < 4.78 is 42.8. The van der Waals surface area contributed by atoms with Gasteiger partial charge in [-0.3, -0.25) is 9.48 Å². The van der Waals surface area contributed by atoms with Gasteiger partial charge in [0, 0.05) is 18.8 Å². The quantitative estimate of drug-likeness (QED) is 0.580. The lowest BCUT2D eigenvalue weighted by Crippen LogP contribution is -2.46. The zero-order valence-electron chi connectivity index (χ0n) is 18.5. The molecule has 0 fully saturated rings. The highest BCUT2D eigenvalue weighted by atomic mass is 19.4. The van der Waals surface area contributed by atoms with Crippen molar-refractivity contribution in [3.05, 3.63) is 48.4 Å². The number of aryl methyl sites for hydroxylation is 1. The van der Waals surface area contributed by atoms with Crippen LogP contribution >= 0.6 is 0 Å².